The minimum atomic E-state index is -0.916. The Hall–Kier alpha value is -1.88. The van der Waals surface area contributed by atoms with Gasteiger partial charge in [-0.25, -0.2) is 4.79 Å². The Labute approximate surface area is 130 Å². The lowest BCUT2D eigenvalue weighted by molar-refractivity contribution is -0.144. The molecule has 3 atom stereocenters. The third kappa shape index (κ3) is 3.47. The number of hydrogen-bond acceptors (Lipinski definition) is 5. The summed E-state index contributed by atoms with van der Waals surface area (Å²) in [6.45, 7) is 6.78. The second-order valence-electron chi connectivity index (χ2n) is 5.92. The third-order valence-electron chi connectivity index (χ3n) is 4.08. The van der Waals surface area contributed by atoms with Crippen LogP contribution in [0, 0.1) is 0 Å². The van der Waals surface area contributed by atoms with Gasteiger partial charge in [-0.1, -0.05) is 11.6 Å². The summed E-state index contributed by atoms with van der Waals surface area (Å²) in [6.07, 6.45) is 2.96. The molecule has 120 valence electrons. The molecule has 0 saturated heterocycles. The van der Waals surface area contributed by atoms with Crippen LogP contribution in [0.3, 0.4) is 0 Å². The first-order valence-corrected chi connectivity index (χ1v) is 7.40. The minimum Gasteiger partial charge on any atom is -0.458 e. The normalized spacial score (nSPS) is 34.0. The maximum absolute atomic E-state index is 11.8. The zero-order valence-electron chi connectivity index (χ0n) is 13.4. The van der Waals surface area contributed by atoms with Gasteiger partial charge < -0.3 is 14.6 Å². The van der Waals surface area contributed by atoms with E-state index in [1.165, 1.54) is 6.92 Å². The SMILES string of the molecule is CC(=O)O[C@H]1C/C=C(/C)C[C@H]2OC(=O)C(C)=C2[C@@H](O)/C=C/1C. The molecular formula is C17H22O5. The fraction of sp³-hybridized carbons (Fsp3) is 0.529. The Morgan fingerprint density at radius 3 is 2.68 bits per heavy atom. The fourth-order valence-corrected chi connectivity index (χ4v) is 2.86. The Balaban J connectivity index is 2.40. The highest BCUT2D eigenvalue weighted by atomic mass is 16.6. The smallest absolute Gasteiger partial charge is 0.334 e. The number of carbonyl (C=O) groups is 2. The molecule has 0 bridgehead atoms. The molecule has 0 saturated carbocycles. The van der Waals surface area contributed by atoms with Gasteiger partial charge in [-0.2, -0.15) is 0 Å². The quantitative estimate of drug-likeness (QED) is 0.594. The van der Waals surface area contributed by atoms with E-state index in [1.807, 2.05) is 19.9 Å². The Kier molecular flexibility index (Phi) is 4.86. The Morgan fingerprint density at radius 2 is 2.05 bits per heavy atom. The zero-order valence-corrected chi connectivity index (χ0v) is 13.4. The van der Waals surface area contributed by atoms with Crippen LogP contribution >= 0.6 is 0 Å². The van der Waals surface area contributed by atoms with Gasteiger partial charge in [-0.05, 0) is 32.4 Å². The second kappa shape index (κ2) is 6.48. The van der Waals surface area contributed by atoms with E-state index in [0.29, 0.717) is 24.0 Å². The molecule has 0 radical (unpaired) electrons. The highest BCUT2D eigenvalue weighted by Crippen LogP contribution is 2.32. The van der Waals surface area contributed by atoms with E-state index in [1.54, 1.807) is 13.0 Å². The molecule has 0 unspecified atom stereocenters. The average molecular weight is 306 g/mol. The van der Waals surface area contributed by atoms with Gasteiger partial charge in [-0.3, -0.25) is 4.79 Å². The van der Waals surface area contributed by atoms with Gasteiger partial charge in [0.2, 0.25) is 0 Å². The predicted octanol–water partition coefficient (Wildman–Crippen LogP) is 2.21. The van der Waals surface area contributed by atoms with Crippen molar-refractivity contribution in [2.45, 2.75) is 58.8 Å². The van der Waals surface area contributed by atoms with Crippen molar-refractivity contribution < 1.29 is 24.2 Å². The Bertz CT molecular complexity index is 582. The first-order chi connectivity index (χ1) is 10.3. The van der Waals surface area contributed by atoms with Gasteiger partial charge in [0.25, 0.3) is 0 Å². The van der Waals surface area contributed by atoms with Crippen molar-refractivity contribution in [2.75, 3.05) is 0 Å². The van der Waals surface area contributed by atoms with Gasteiger partial charge >= 0.3 is 11.9 Å². The molecule has 1 heterocycles. The molecule has 5 nitrogen and oxygen atoms in total. The lowest BCUT2D eigenvalue weighted by Gasteiger charge is -2.23. The molecule has 0 aromatic carbocycles. The van der Waals surface area contributed by atoms with Crippen molar-refractivity contribution in [3.63, 3.8) is 0 Å². The van der Waals surface area contributed by atoms with Crippen LogP contribution in [0.15, 0.2) is 34.4 Å². The van der Waals surface area contributed by atoms with Crippen LogP contribution in [-0.2, 0) is 19.1 Å². The number of hydrogen-bond donors (Lipinski definition) is 1. The van der Waals surface area contributed by atoms with Gasteiger partial charge in [0, 0.05) is 30.9 Å². The molecule has 2 rings (SSSR count). The molecule has 5 heteroatoms. The van der Waals surface area contributed by atoms with Gasteiger partial charge in [0.1, 0.15) is 12.2 Å². The molecule has 2 aliphatic rings. The van der Waals surface area contributed by atoms with Gasteiger partial charge in [-0.15, -0.1) is 0 Å². The van der Waals surface area contributed by atoms with Crippen molar-refractivity contribution in [3.05, 3.63) is 34.4 Å². The van der Waals surface area contributed by atoms with Crippen LogP contribution in [0.2, 0.25) is 0 Å². The average Bonchev–Trinajstić information content (AvgIpc) is 2.68. The number of esters is 2. The van der Waals surface area contributed by atoms with E-state index in [9.17, 15) is 14.7 Å². The third-order valence-corrected chi connectivity index (χ3v) is 4.08. The van der Waals surface area contributed by atoms with Crippen molar-refractivity contribution in [1.82, 2.24) is 0 Å². The topological polar surface area (TPSA) is 72.8 Å². The minimum absolute atomic E-state index is 0.358. The van der Waals surface area contributed by atoms with E-state index in [2.05, 4.69) is 0 Å². The summed E-state index contributed by atoms with van der Waals surface area (Å²) in [5.41, 5.74) is 2.84. The number of aliphatic hydroxyl groups excluding tert-OH is 1. The summed E-state index contributed by atoms with van der Waals surface area (Å²) in [7, 11) is 0. The van der Waals surface area contributed by atoms with Crippen molar-refractivity contribution in [3.8, 4) is 0 Å². The maximum Gasteiger partial charge on any atom is 0.334 e. The molecule has 1 aliphatic heterocycles. The standard InChI is InChI=1S/C17H22O5/c1-9-5-6-14(21-12(4)18)10(2)8-13(19)16-11(3)17(20)22-15(16)7-9/h5,8,13-15,19H,6-7H2,1-4H3/b9-5-,10-8+/t13-,14-,15+/m0/s1. The lowest BCUT2D eigenvalue weighted by Crippen LogP contribution is -2.24. The van der Waals surface area contributed by atoms with Crippen LogP contribution in [-0.4, -0.2) is 35.4 Å². The first kappa shape index (κ1) is 16.5. The van der Waals surface area contributed by atoms with Crippen LogP contribution in [0.4, 0.5) is 0 Å². The van der Waals surface area contributed by atoms with E-state index in [-0.39, 0.29) is 11.9 Å². The van der Waals surface area contributed by atoms with E-state index < -0.39 is 18.3 Å². The number of rotatable bonds is 1. The van der Waals surface area contributed by atoms with Crippen molar-refractivity contribution >= 4 is 11.9 Å². The number of fused-ring (bicyclic) bond motifs is 1. The summed E-state index contributed by atoms with van der Waals surface area (Å²) in [6, 6.07) is 0. The Morgan fingerprint density at radius 1 is 1.36 bits per heavy atom. The van der Waals surface area contributed by atoms with Crippen molar-refractivity contribution in [2.24, 2.45) is 0 Å². The summed E-state index contributed by atoms with van der Waals surface area (Å²) < 4.78 is 10.7. The lowest BCUT2D eigenvalue weighted by atomic mass is 9.91. The molecule has 0 amide bonds. The fourth-order valence-electron chi connectivity index (χ4n) is 2.86. The number of aliphatic hydroxyl groups is 1. The van der Waals surface area contributed by atoms with Crippen LogP contribution in [0.25, 0.3) is 0 Å². The molecule has 1 aliphatic carbocycles. The zero-order chi connectivity index (χ0) is 16.4. The predicted molar refractivity (Wildman–Crippen MR) is 80.9 cm³/mol. The van der Waals surface area contributed by atoms with E-state index in [4.69, 9.17) is 9.47 Å². The molecule has 0 aromatic rings. The molecule has 0 aromatic heterocycles. The molecule has 0 spiro atoms. The molecule has 22 heavy (non-hydrogen) atoms. The highest BCUT2D eigenvalue weighted by molar-refractivity contribution is 5.92. The van der Waals surface area contributed by atoms with Gasteiger partial charge in [0.15, 0.2) is 0 Å². The summed E-state index contributed by atoms with van der Waals surface area (Å²) in [5.74, 6) is -0.739. The largest absolute Gasteiger partial charge is 0.458 e. The number of ether oxygens (including phenoxy) is 2. The molecular weight excluding hydrogens is 284 g/mol. The van der Waals surface area contributed by atoms with Crippen molar-refractivity contribution in [1.29, 1.82) is 0 Å². The van der Waals surface area contributed by atoms with Crippen LogP contribution < -0.4 is 0 Å². The summed E-state index contributed by atoms with van der Waals surface area (Å²) >= 11 is 0. The second-order valence-corrected chi connectivity index (χ2v) is 5.92. The van der Waals surface area contributed by atoms with E-state index in [0.717, 1.165) is 11.1 Å². The molecule has 1 N–H and O–H groups in total. The van der Waals surface area contributed by atoms with Crippen LogP contribution in [0.5, 0.6) is 0 Å². The summed E-state index contributed by atoms with van der Waals surface area (Å²) in [4.78, 5) is 23.0. The monoisotopic (exact) mass is 306 g/mol. The number of carbonyl (C=O) groups excluding carboxylic acids is 2. The van der Waals surface area contributed by atoms with Gasteiger partial charge in [0.05, 0.1) is 6.10 Å². The maximum atomic E-state index is 11.8. The highest BCUT2D eigenvalue weighted by Gasteiger charge is 2.35. The first-order valence-electron chi connectivity index (χ1n) is 7.40. The van der Waals surface area contributed by atoms with Crippen LogP contribution in [0.1, 0.15) is 40.5 Å². The molecule has 0 fully saturated rings. The summed E-state index contributed by atoms with van der Waals surface area (Å²) in [5, 5.41) is 10.5. The van der Waals surface area contributed by atoms with E-state index >= 15 is 0 Å².